The van der Waals surface area contributed by atoms with Gasteiger partial charge < -0.3 is 10.2 Å². The van der Waals surface area contributed by atoms with Crippen molar-refractivity contribution in [3.63, 3.8) is 0 Å². The van der Waals surface area contributed by atoms with Gasteiger partial charge in [0.15, 0.2) is 0 Å². The van der Waals surface area contributed by atoms with E-state index in [0.717, 1.165) is 26.2 Å². The average molecular weight is 277 g/mol. The Morgan fingerprint density at radius 3 is 2.50 bits per heavy atom. The molecule has 1 saturated heterocycles. The van der Waals surface area contributed by atoms with Crippen molar-refractivity contribution in [1.82, 2.24) is 15.1 Å². The van der Waals surface area contributed by atoms with Crippen LogP contribution in [-0.4, -0.2) is 82.4 Å². The van der Waals surface area contributed by atoms with E-state index >= 15 is 0 Å². The smallest absolute Gasteiger partial charge is 0.236 e. The molecule has 0 aromatic rings. The summed E-state index contributed by atoms with van der Waals surface area (Å²) in [6.45, 7) is 4.22. The van der Waals surface area contributed by atoms with Gasteiger partial charge in [0.05, 0.1) is 12.3 Å². The van der Waals surface area contributed by atoms with Crippen molar-refractivity contribution >= 4 is 15.7 Å². The van der Waals surface area contributed by atoms with Gasteiger partial charge in [-0.3, -0.25) is 9.69 Å². The van der Waals surface area contributed by atoms with Crippen molar-refractivity contribution in [2.75, 3.05) is 58.3 Å². The average Bonchev–Trinajstić information content (AvgIpc) is 2.28. The van der Waals surface area contributed by atoms with Crippen LogP contribution in [0.2, 0.25) is 0 Å². The lowest BCUT2D eigenvalue weighted by Gasteiger charge is -2.29. The monoisotopic (exact) mass is 277 g/mol. The molecule has 0 atom stereocenters. The summed E-state index contributed by atoms with van der Waals surface area (Å²) >= 11 is 0. The highest BCUT2D eigenvalue weighted by molar-refractivity contribution is 7.90. The number of likely N-dealkylation sites (N-methyl/N-ethyl adjacent to an activating group) is 1. The molecule has 1 amide bonds. The predicted octanol–water partition coefficient (Wildman–Crippen LogP) is -1.22. The molecule has 0 aromatic carbocycles. The van der Waals surface area contributed by atoms with Gasteiger partial charge >= 0.3 is 0 Å². The summed E-state index contributed by atoms with van der Waals surface area (Å²) in [7, 11) is -1.05. The number of hydrogen-bond acceptors (Lipinski definition) is 5. The van der Waals surface area contributed by atoms with Crippen LogP contribution in [0.15, 0.2) is 0 Å². The van der Waals surface area contributed by atoms with Gasteiger partial charge in [0.1, 0.15) is 9.84 Å². The van der Waals surface area contributed by atoms with Crippen molar-refractivity contribution in [1.29, 1.82) is 0 Å². The summed E-state index contributed by atoms with van der Waals surface area (Å²) in [6.07, 6.45) is 1.81. The van der Waals surface area contributed by atoms with Crippen molar-refractivity contribution in [3.8, 4) is 0 Å². The van der Waals surface area contributed by atoms with Crippen molar-refractivity contribution in [2.45, 2.75) is 6.42 Å². The summed E-state index contributed by atoms with van der Waals surface area (Å²) in [5.74, 6) is 0.303. The van der Waals surface area contributed by atoms with E-state index in [1.165, 1.54) is 6.26 Å². The Labute approximate surface area is 109 Å². The number of piperazine rings is 1. The number of rotatable bonds is 6. The number of carbonyl (C=O) groups is 1. The third-order valence-corrected chi connectivity index (χ3v) is 3.96. The predicted molar refractivity (Wildman–Crippen MR) is 71.3 cm³/mol. The SMILES string of the molecule is CN(CCCS(C)(=O)=O)CC(=O)N1CCNCC1. The minimum Gasteiger partial charge on any atom is -0.339 e. The molecule has 7 heteroatoms. The molecule has 1 aliphatic heterocycles. The lowest BCUT2D eigenvalue weighted by molar-refractivity contribution is -0.132. The standard InChI is InChI=1S/C11H23N3O3S/c1-13(6-3-9-18(2,16)17)10-11(15)14-7-4-12-5-8-14/h12H,3-10H2,1-2H3. The summed E-state index contributed by atoms with van der Waals surface area (Å²) in [5.41, 5.74) is 0. The van der Waals surface area contributed by atoms with Crippen LogP contribution in [0.1, 0.15) is 6.42 Å². The third kappa shape index (κ3) is 6.32. The van der Waals surface area contributed by atoms with E-state index in [1.54, 1.807) is 0 Å². The maximum absolute atomic E-state index is 11.9. The van der Waals surface area contributed by atoms with Gasteiger partial charge in [-0.1, -0.05) is 0 Å². The molecule has 0 aliphatic carbocycles. The second-order valence-electron chi connectivity index (χ2n) is 4.85. The topological polar surface area (TPSA) is 69.7 Å². The van der Waals surface area contributed by atoms with Crippen molar-refractivity contribution in [3.05, 3.63) is 0 Å². The first-order valence-corrected chi connectivity index (χ1v) is 8.29. The van der Waals surface area contributed by atoms with Gasteiger partial charge in [0, 0.05) is 32.4 Å². The zero-order chi connectivity index (χ0) is 13.6. The Morgan fingerprint density at radius 2 is 1.94 bits per heavy atom. The molecular weight excluding hydrogens is 254 g/mol. The van der Waals surface area contributed by atoms with Crippen molar-refractivity contribution in [2.24, 2.45) is 0 Å². The summed E-state index contributed by atoms with van der Waals surface area (Å²) in [5, 5.41) is 3.20. The second kappa shape index (κ2) is 7.06. The largest absolute Gasteiger partial charge is 0.339 e. The lowest BCUT2D eigenvalue weighted by Crippen LogP contribution is -2.49. The van der Waals surface area contributed by atoms with E-state index in [0.29, 0.717) is 19.5 Å². The summed E-state index contributed by atoms with van der Waals surface area (Å²) in [6, 6.07) is 0. The molecule has 0 aromatic heterocycles. The molecule has 106 valence electrons. The number of hydrogen-bond donors (Lipinski definition) is 1. The fraction of sp³-hybridized carbons (Fsp3) is 0.909. The summed E-state index contributed by atoms with van der Waals surface area (Å²) in [4.78, 5) is 15.6. The van der Waals surface area contributed by atoms with Crippen LogP contribution < -0.4 is 5.32 Å². The Bertz CT molecular complexity index is 364. The molecule has 0 radical (unpaired) electrons. The molecule has 1 fully saturated rings. The van der Waals surface area contributed by atoms with E-state index in [-0.39, 0.29) is 11.7 Å². The maximum Gasteiger partial charge on any atom is 0.236 e. The molecule has 1 N–H and O–H groups in total. The summed E-state index contributed by atoms with van der Waals surface area (Å²) < 4.78 is 22.0. The third-order valence-electron chi connectivity index (χ3n) is 2.93. The first-order chi connectivity index (χ1) is 8.38. The van der Waals surface area contributed by atoms with Crippen LogP contribution in [-0.2, 0) is 14.6 Å². The fourth-order valence-corrected chi connectivity index (χ4v) is 2.57. The van der Waals surface area contributed by atoms with Crippen LogP contribution >= 0.6 is 0 Å². The molecule has 1 rings (SSSR count). The first kappa shape index (κ1) is 15.4. The van der Waals surface area contributed by atoms with E-state index < -0.39 is 9.84 Å². The molecule has 0 saturated carbocycles. The first-order valence-electron chi connectivity index (χ1n) is 6.23. The highest BCUT2D eigenvalue weighted by atomic mass is 32.2. The zero-order valence-corrected chi connectivity index (χ0v) is 12.0. The Kier molecular flexibility index (Phi) is 6.04. The Balaban J connectivity index is 2.22. The molecule has 18 heavy (non-hydrogen) atoms. The molecule has 1 heterocycles. The van der Waals surface area contributed by atoms with Gasteiger partial charge in [-0.05, 0) is 20.0 Å². The van der Waals surface area contributed by atoms with Crippen molar-refractivity contribution < 1.29 is 13.2 Å². The molecule has 1 aliphatic rings. The van der Waals surface area contributed by atoms with Crippen LogP contribution in [0.3, 0.4) is 0 Å². The van der Waals surface area contributed by atoms with Gasteiger partial charge in [-0.2, -0.15) is 0 Å². The van der Waals surface area contributed by atoms with Crippen LogP contribution in [0.5, 0.6) is 0 Å². The van der Waals surface area contributed by atoms with Crippen LogP contribution in [0.4, 0.5) is 0 Å². The molecule has 6 nitrogen and oxygen atoms in total. The van der Waals surface area contributed by atoms with Gasteiger partial charge in [-0.25, -0.2) is 8.42 Å². The fourth-order valence-electron chi connectivity index (χ4n) is 1.92. The van der Waals surface area contributed by atoms with Gasteiger partial charge in [0.25, 0.3) is 0 Å². The molecule has 0 spiro atoms. The second-order valence-corrected chi connectivity index (χ2v) is 7.11. The normalized spacial score (nSPS) is 17.2. The molecule has 0 unspecified atom stereocenters. The van der Waals surface area contributed by atoms with Gasteiger partial charge in [-0.15, -0.1) is 0 Å². The highest BCUT2D eigenvalue weighted by Crippen LogP contribution is 1.97. The number of amides is 1. The van der Waals surface area contributed by atoms with Crippen LogP contribution in [0.25, 0.3) is 0 Å². The highest BCUT2D eigenvalue weighted by Gasteiger charge is 2.17. The number of carbonyl (C=O) groups excluding carboxylic acids is 1. The number of sulfone groups is 1. The molecule has 0 bridgehead atoms. The van der Waals surface area contributed by atoms with E-state index in [4.69, 9.17) is 0 Å². The minimum atomic E-state index is -2.90. The minimum absolute atomic E-state index is 0.123. The number of nitrogens with one attached hydrogen (secondary N) is 1. The number of nitrogens with zero attached hydrogens (tertiary/aromatic N) is 2. The lowest BCUT2D eigenvalue weighted by atomic mass is 10.3. The zero-order valence-electron chi connectivity index (χ0n) is 11.2. The van der Waals surface area contributed by atoms with E-state index in [9.17, 15) is 13.2 Å². The van der Waals surface area contributed by atoms with E-state index in [1.807, 2.05) is 16.8 Å². The van der Waals surface area contributed by atoms with E-state index in [2.05, 4.69) is 5.32 Å². The Hall–Kier alpha value is -0.660. The van der Waals surface area contributed by atoms with Crippen LogP contribution in [0, 0.1) is 0 Å². The Morgan fingerprint density at radius 1 is 1.33 bits per heavy atom. The molecular formula is C11H23N3O3S. The quantitative estimate of drug-likeness (QED) is 0.659. The maximum atomic E-state index is 11.9. The van der Waals surface area contributed by atoms with Gasteiger partial charge in [0.2, 0.25) is 5.91 Å².